The Hall–Kier alpha value is -0.150. The molecule has 2 rings (SSSR count). The first kappa shape index (κ1) is 14.3. The van der Waals surface area contributed by atoms with E-state index in [0.29, 0.717) is 17.1 Å². The van der Waals surface area contributed by atoms with Crippen LogP contribution < -0.4 is 0 Å². The molecule has 1 aliphatic carbocycles. The SMILES string of the molecule is CC(C)(C)C1CCC(=O)C(Cc2sccc2Br)C1. The zero-order valence-electron chi connectivity index (χ0n) is 11.3. The van der Waals surface area contributed by atoms with Crippen molar-refractivity contribution in [2.24, 2.45) is 17.3 Å². The second-order valence-corrected chi connectivity index (χ2v) is 8.25. The van der Waals surface area contributed by atoms with Gasteiger partial charge in [-0.15, -0.1) is 11.3 Å². The topological polar surface area (TPSA) is 17.1 Å². The molecule has 1 aromatic heterocycles. The maximum absolute atomic E-state index is 12.1. The van der Waals surface area contributed by atoms with Crippen LogP contribution in [0.2, 0.25) is 0 Å². The summed E-state index contributed by atoms with van der Waals surface area (Å²) in [7, 11) is 0. The van der Waals surface area contributed by atoms with Gasteiger partial charge in [-0.3, -0.25) is 4.79 Å². The first-order valence-corrected chi connectivity index (χ1v) is 8.30. The van der Waals surface area contributed by atoms with E-state index >= 15 is 0 Å². The van der Waals surface area contributed by atoms with E-state index in [9.17, 15) is 4.79 Å². The first-order valence-electron chi connectivity index (χ1n) is 6.62. The molecule has 1 aromatic rings. The van der Waals surface area contributed by atoms with E-state index in [1.54, 1.807) is 11.3 Å². The average Bonchev–Trinajstić information content (AvgIpc) is 2.66. The van der Waals surface area contributed by atoms with Crippen LogP contribution in [0.1, 0.15) is 44.9 Å². The van der Waals surface area contributed by atoms with Crippen molar-refractivity contribution in [3.8, 4) is 0 Å². The van der Waals surface area contributed by atoms with E-state index in [0.717, 1.165) is 30.2 Å². The van der Waals surface area contributed by atoms with Crippen molar-refractivity contribution in [3.05, 3.63) is 20.8 Å². The summed E-state index contributed by atoms with van der Waals surface area (Å²) in [4.78, 5) is 13.4. The van der Waals surface area contributed by atoms with Crippen molar-refractivity contribution >= 4 is 33.0 Å². The number of hydrogen-bond donors (Lipinski definition) is 0. The smallest absolute Gasteiger partial charge is 0.136 e. The highest BCUT2D eigenvalue weighted by Gasteiger charge is 2.35. The Labute approximate surface area is 122 Å². The van der Waals surface area contributed by atoms with Crippen LogP contribution in [0.3, 0.4) is 0 Å². The minimum Gasteiger partial charge on any atom is -0.299 e. The third-order valence-corrected chi connectivity index (χ3v) is 6.06. The molecule has 18 heavy (non-hydrogen) atoms. The normalized spacial score (nSPS) is 25.4. The van der Waals surface area contributed by atoms with E-state index in [2.05, 4.69) is 48.1 Å². The lowest BCUT2D eigenvalue weighted by molar-refractivity contribution is -0.126. The fourth-order valence-electron chi connectivity index (χ4n) is 2.79. The first-order chi connectivity index (χ1) is 8.38. The molecule has 1 heterocycles. The predicted molar refractivity (Wildman–Crippen MR) is 81.0 cm³/mol. The van der Waals surface area contributed by atoms with Crippen molar-refractivity contribution in [2.75, 3.05) is 0 Å². The minimum atomic E-state index is 0.234. The largest absolute Gasteiger partial charge is 0.299 e. The minimum absolute atomic E-state index is 0.234. The number of halogens is 1. The lowest BCUT2D eigenvalue weighted by Crippen LogP contribution is -2.32. The van der Waals surface area contributed by atoms with E-state index in [-0.39, 0.29) is 5.92 Å². The molecule has 1 nitrogen and oxygen atoms in total. The molecular weight excluding hydrogens is 308 g/mol. The van der Waals surface area contributed by atoms with Gasteiger partial charge in [-0.25, -0.2) is 0 Å². The number of carbonyl (C=O) groups excluding carboxylic acids is 1. The standard InChI is InChI=1S/C15H21BrOS/c1-15(2,3)11-4-5-13(17)10(8-11)9-14-12(16)6-7-18-14/h6-7,10-11H,4-5,8-9H2,1-3H3. The molecule has 2 atom stereocenters. The van der Waals surface area contributed by atoms with Gasteiger partial charge in [0, 0.05) is 21.7 Å². The highest BCUT2D eigenvalue weighted by molar-refractivity contribution is 9.10. The Kier molecular flexibility index (Phi) is 4.32. The lowest BCUT2D eigenvalue weighted by Gasteiger charge is -2.37. The molecule has 0 amide bonds. The van der Waals surface area contributed by atoms with Gasteiger partial charge >= 0.3 is 0 Å². The Morgan fingerprint density at radius 3 is 2.72 bits per heavy atom. The molecule has 0 aromatic carbocycles. The number of rotatable bonds is 2. The van der Waals surface area contributed by atoms with E-state index in [1.807, 2.05) is 0 Å². The van der Waals surface area contributed by atoms with Crippen molar-refractivity contribution in [2.45, 2.75) is 46.5 Å². The third kappa shape index (κ3) is 3.24. The molecule has 0 bridgehead atoms. The van der Waals surface area contributed by atoms with Crippen LogP contribution in [0.15, 0.2) is 15.9 Å². The molecule has 3 heteroatoms. The molecule has 0 radical (unpaired) electrons. The second-order valence-electron chi connectivity index (χ2n) is 6.40. The van der Waals surface area contributed by atoms with Crippen LogP contribution in [0.5, 0.6) is 0 Å². The fourth-order valence-corrected chi connectivity index (χ4v) is 4.39. The Bertz CT molecular complexity index is 430. The molecule has 1 saturated carbocycles. The van der Waals surface area contributed by atoms with Crippen LogP contribution in [-0.2, 0) is 11.2 Å². The summed E-state index contributed by atoms with van der Waals surface area (Å²) in [6, 6.07) is 2.08. The molecule has 0 aliphatic heterocycles. The molecular formula is C15H21BrOS. The molecule has 0 saturated heterocycles. The van der Waals surface area contributed by atoms with Crippen LogP contribution in [0, 0.1) is 17.3 Å². The van der Waals surface area contributed by atoms with Crippen molar-refractivity contribution in [1.82, 2.24) is 0 Å². The van der Waals surface area contributed by atoms with Crippen LogP contribution in [0.25, 0.3) is 0 Å². The summed E-state index contributed by atoms with van der Waals surface area (Å²) < 4.78 is 1.16. The van der Waals surface area contributed by atoms with Crippen molar-refractivity contribution in [3.63, 3.8) is 0 Å². The van der Waals surface area contributed by atoms with Crippen LogP contribution in [0.4, 0.5) is 0 Å². The van der Waals surface area contributed by atoms with Gasteiger partial charge in [0.05, 0.1) is 0 Å². The summed E-state index contributed by atoms with van der Waals surface area (Å²) in [6.45, 7) is 6.89. The number of Topliss-reactive ketones (excluding diaryl/α,β-unsaturated/α-hetero) is 1. The number of hydrogen-bond acceptors (Lipinski definition) is 2. The number of ketones is 1. The van der Waals surface area contributed by atoms with Gasteiger partial charge in [-0.1, -0.05) is 20.8 Å². The Morgan fingerprint density at radius 1 is 1.44 bits per heavy atom. The molecule has 0 spiro atoms. The van der Waals surface area contributed by atoms with Gasteiger partial charge in [0.1, 0.15) is 5.78 Å². The zero-order chi connectivity index (χ0) is 13.3. The molecule has 0 N–H and O–H groups in total. The highest BCUT2D eigenvalue weighted by atomic mass is 79.9. The summed E-state index contributed by atoms with van der Waals surface area (Å²) >= 11 is 5.32. The second kappa shape index (κ2) is 5.46. The van der Waals surface area contributed by atoms with Gasteiger partial charge in [0.15, 0.2) is 0 Å². The van der Waals surface area contributed by atoms with Gasteiger partial charge in [0.25, 0.3) is 0 Å². The van der Waals surface area contributed by atoms with E-state index < -0.39 is 0 Å². The van der Waals surface area contributed by atoms with Gasteiger partial charge in [-0.05, 0) is 58.0 Å². The van der Waals surface area contributed by atoms with Crippen LogP contribution >= 0.6 is 27.3 Å². The molecule has 100 valence electrons. The average molecular weight is 329 g/mol. The summed E-state index contributed by atoms with van der Waals surface area (Å²) in [5.41, 5.74) is 0.325. The summed E-state index contributed by atoms with van der Waals surface area (Å²) in [6.07, 6.45) is 3.83. The van der Waals surface area contributed by atoms with E-state index in [4.69, 9.17) is 0 Å². The Morgan fingerprint density at radius 2 is 2.17 bits per heavy atom. The highest BCUT2D eigenvalue weighted by Crippen LogP contribution is 2.40. The molecule has 2 unspecified atom stereocenters. The fraction of sp³-hybridized carbons (Fsp3) is 0.667. The summed E-state index contributed by atoms with van der Waals surface area (Å²) in [5.74, 6) is 1.38. The molecule has 1 aliphatic rings. The monoisotopic (exact) mass is 328 g/mol. The molecule has 1 fully saturated rings. The van der Waals surface area contributed by atoms with Crippen molar-refractivity contribution < 1.29 is 4.79 Å². The maximum atomic E-state index is 12.1. The van der Waals surface area contributed by atoms with E-state index in [1.165, 1.54) is 4.88 Å². The summed E-state index contributed by atoms with van der Waals surface area (Å²) in [5, 5.41) is 2.09. The zero-order valence-corrected chi connectivity index (χ0v) is 13.7. The van der Waals surface area contributed by atoms with Crippen LogP contribution in [-0.4, -0.2) is 5.78 Å². The number of carbonyl (C=O) groups is 1. The van der Waals surface area contributed by atoms with Crippen molar-refractivity contribution in [1.29, 1.82) is 0 Å². The van der Waals surface area contributed by atoms with Gasteiger partial charge in [-0.2, -0.15) is 0 Å². The quantitative estimate of drug-likeness (QED) is 0.739. The van der Waals surface area contributed by atoms with Gasteiger partial charge in [0.2, 0.25) is 0 Å². The lowest BCUT2D eigenvalue weighted by atomic mass is 9.68. The number of thiophene rings is 1. The third-order valence-electron chi connectivity index (χ3n) is 4.11. The Balaban J connectivity index is 2.07. The predicted octanol–water partition coefficient (Wildman–Crippen LogP) is 5.08. The van der Waals surface area contributed by atoms with Gasteiger partial charge < -0.3 is 0 Å². The maximum Gasteiger partial charge on any atom is 0.136 e.